The molecule has 0 atom stereocenters. The van der Waals surface area contributed by atoms with Crippen LogP contribution in [0.5, 0.6) is 0 Å². The Labute approximate surface area is 129 Å². The summed E-state index contributed by atoms with van der Waals surface area (Å²) >= 11 is 0. The van der Waals surface area contributed by atoms with Crippen molar-refractivity contribution in [2.24, 2.45) is 0 Å². The Kier molecular flexibility index (Phi) is 5.32. The van der Waals surface area contributed by atoms with Gasteiger partial charge < -0.3 is 15.7 Å². The molecule has 0 spiro atoms. The summed E-state index contributed by atoms with van der Waals surface area (Å²) in [6, 6.07) is 2.27. The summed E-state index contributed by atoms with van der Waals surface area (Å²) in [6.45, 7) is 2.04. The highest BCUT2D eigenvalue weighted by Crippen LogP contribution is 2.20. The van der Waals surface area contributed by atoms with E-state index in [4.69, 9.17) is 5.11 Å². The molecule has 3 rings (SSSR count). The summed E-state index contributed by atoms with van der Waals surface area (Å²) in [5.74, 6) is 0.766. The van der Waals surface area contributed by atoms with E-state index in [1.54, 1.807) is 10.7 Å². The summed E-state index contributed by atoms with van der Waals surface area (Å²) < 4.78 is 1.68. The number of hydrogen-bond acceptors (Lipinski definition) is 5. The monoisotopic (exact) mass is 305 g/mol. The van der Waals surface area contributed by atoms with Gasteiger partial charge in [0.15, 0.2) is 5.65 Å². The van der Waals surface area contributed by atoms with E-state index >= 15 is 0 Å². The number of fused-ring (bicyclic) bond motifs is 1. The van der Waals surface area contributed by atoms with E-state index in [0.29, 0.717) is 17.3 Å². The molecule has 0 radical (unpaired) electrons. The van der Waals surface area contributed by atoms with Gasteiger partial charge in [-0.1, -0.05) is 6.92 Å². The van der Waals surface area contributed by atoms with Gasteiger partial charge in [-0.15, -0.1) is 0 Å². The van der Waals surface area contributed by atoms with E-state index in [1.165, 1.54) is 6.42 Å². The third kappa shape index (κ3) is 3.04. The quantitative estimate of drug-likeness (QED) is 0.790. The minimum atomic E-state index is -0.0764. The van der Waals surface area contributed by atoms with Crippen LogP contribution < -0.4 is 10.6 Å². The van der Waals surface area contributed by atoms with Gasteiger partial charge in [-0.25, -0.2) is 4.98 Å². The van der Waals surface area contributed by atoms with Crippen molar-refractivity contribution in [1.82, 2.24) is 19.9 Å². The number of rotatable bonds is 4. The number of aliphatic hydroxyl groups excluding tert-OH is 1. The average Bonchev–Trinajstić information content (AvgIpc) is 2.95. The number of anilines is 1. The van der Waals surface area contributed by atoms with Gasteiger partial charge in [0.05, 0.1) is 6.20 Å². The highest BCUT2D eigenvalue weighted by atomic mass is 16.2. The van der Waals surface area contributed by atoms with Gasteiger partial charge in [0, 0.05) is 32.0 Å². The average molecular weight is 305 g/mol. The number of amides is 1. The maximum absolute atomic E-state index is 12.3. The van der Waals surface area contributed by atoms with E-state index in [1.807, 2.05) is 20.0 Å². The lowest BCUT2D eigenvalue weighted by Gasteiger charge is -2.26. The second-order valence-electron chi connectivity index (χ2n) is 5.13. The lowest BCUT2D eigenvalue weighted by molar-refractivity contribution is 0.0918. The largest absolute Gasteiger partial charge is 0.400 e. The van der Waals surface area contributed by atoms with Gasteiger partial charge in [0.2, 0.25) is 0 Å². The van der Waals surface area contributed by atoms with E-state index in [9.17, 15) is 4.79 Å². The van der Waals surface area contributed by atoms with Gasteiger partial charge in [-0.2, -0.15) is 9.61 Å². The number of aliphatic hydroxyl groups is 1. The zero-order chi connectivity index (χ0) is 16.1. The van der Waals surface area contributed by atoms with E-state index in [-0.39, 0.29) is 5.91 Å². The normalized spacial score (nSPS) is 14.0. The molecule has 0 saturated heterocycles. The zero-order valence-corrected chi connectivity index (χ0v) is 13.3. The van der Waals surface area contributed by atoms with Crippen molar-refractivity contribution in [2.75, 3.05) is 19.5 Å². The molecule has 1 saturated carbocycles. The number of carbonyl (C=O) groups excluding carboxylic acids is 1. The predicted molar refractivity (Wildman–Crippen MR) is 85.2 cm³/mol. The first kappa shape index (κ1) is 16.2. The maximum Gasteiger partial charge on any atom is 0.256 e. The molecule has 2 aromatic rings. The van der Waals surface area contributed by atoms with Crippen LogP contribution in [-0.4, -0.2) is 45.8 Å². The predicted octanol–water partition coefficient (Wildman–Crippen LogP) is 1.22. The lowest BCUT2D eigenvalue weighted by Crippen LogP contribution is -2.39. The minimum Gasteiger partial charge on any atom is -0.400 e. The summed E-state index contributed by atoms with van der Waals surface area (Å²) in [5.41, 5.74) is 2.11. The third-order valence-corrected chi connectivity index (χ3v) is 3.83. The first-order valence-electron chi connectivity index (χ1n) is 7.54. The van der Waals surface area contributed by atoms with Crippen molar-refractivity contribution >= 4 is 17.4 Å². The van der Waals surface area contributed by atoms with Crippen LogP contribution in [0.15, 0.2) is 12.3 Å². The minimum absolute atomic E-state index is 0.0764. The van der Waals surface area contributed by atoms with Crippen LogP contribution >= 0.6 is 0 Å². The molecular formula is C15H23N5O2. The fourth-order valence-corrected chi connectivity index (χ4v) is 2.35. The van der Waals surface area contributed by atoms with Gasteiger partial charge in [-0.05, 0) is 25.7 Å². The Morgan fingerprint density at radius 2 is 2.18 bits per heavy atom. The molecule has 22 heavy (non-hydrogen) atoms. The topological polar surface area (TPSA) is 91.5 Å². The lowest BCUT2D eigenvalue weighted by atomic mass is 9.93. The van der Waals surface area contributed by atoms with Crippen molar-refractivity contribution < 1.29 is 9.90 Å². The molecule has 7 nitrogen and oxygen atoms in total. The van der Waals surface area contributed by atoms with E-state index < -0.39 is 0 Å². The van der Waals surface area contributed by atoms with Crippen LogP contribution in [0.2, 0.25) is 0 Å². The molecule has 0 bridgehead atoms. The first-order chi connectivity index (χ1) is 10.7. The molecule has 2 aromatic heterocycles. The van der Waals surface area contributed by atoms with Crippen LogP contribution in [0.25, 0.3) is 5.65 Å². The van der Waals surface area contributed by atoms with Crippen LogP contribution in [0.1, 0.15) is 42.2 Å². The Morgan fingerprint density at radius 3 is 2.73 bits per heavy atom. The van der Waals surface area contributed by atoms with Crippen LogP contribution in [-0.2, 0) is 6.42 Å². The molecule has 0 aliphatic heterocycles. The molecule has 1 aliphatic rings. The second-order valence-corrected chi connectivity index (χ2v) is 5.13. The summed E-state index contributed by atoms with van der Waals surface area (Å²) in [7, 11) is 2.84. The number of carbonyl (C=O) groups is 1. The molecule has 3 N–H and O–H groups in total. The second kappa shape index (κ2) is 7.22. The van der Waals surface area contributed by atoms with Crippen molar-refractivity contribution in [2.45, 2.75) is 38.6 Å². The molecular weight excluding hydrogens is 282 g/mol. The fourth-order valence-electron chi connectivity index (χ4n) is 2.35. The van der Waals surface area contributed by atoms with Crippen molar-refractivity contribution in [1.29, 1.82) is 0 Å². The maximum atomic E-state index is 12.3. The first-order valence-corrected chi connectivity index (χ1v) is 7.54. The zero-order valence-electron chi connectivity index (χ0n) is 13.3. The molecule has 2 heterocycles. The van der Waals surface area contributed by atoms with Crippen molar-refractivity contribution in [3.63, 3.8) is 0 Å². The molecule has 1 amide bonds. The van der Waals surface area contributed by atoms with Crippen LogP contribution in [0.4, 0.5) is 5.82 Å². The Hall–Kier alpha value is -2.15. The van der Waals surface area contributed by atoms with E-state index in [2.05, 4.69) is 20.7 Å². The van der Waals surface area contributed by atoms with Gasteiger partial charge in [0.1, 0.15) is 11.4 Å². The number of nitrogens with zero attached hydrogens (tertiary/aromatic N) is 3. The summed E-state index contributed by atoms with van der Waals surface area (Å²) in [4.78, 5) is 16.8. The Morgan fingerprint density at radius 1 is 1.45 bits per heavy atom. The standard InChI is InChI=1S/C14H19N5O.CH4O/c1-3-9-7-12(15-2)19-13(17-9)11(8-16-19)14(20)18-10-5-4-6-10;1-2/h7-8,10,15H,3-6H2,1-2H3,(H,18,20);2H,1H3. The number of hydrogen-bond donors (Lipinski definition) is 3. The molecule has 0 aromatic carbocycles. The molecule has 1 fully saturated rings. The number of aromatic nitrogens is 3. The van der Waals surface area contributed by atoms with Crippen LogP contribution in [0, 0.1) is 0 Å². The third-order valence-electron chi connectivity index (χ3n) is 3.83. The molecule has 1 aliphatic carbocycles. The van der Waals surface area contributed by atoms with E-state index in [0.717, 1.165) is 37.9 Å². The van der Waals surface area contributed by atoms with Crippen molar-refractivity contribution in [3.8, 4) is 0 Å². The molecule has 7 heteroatoms. The number of aryl methyl sites for hydroxylation is 1. The van der Waals surface area contributed by atoms with Gasteiger partial charge >= 0.3 is 0 Å². The molecule has 0 unspecified atom stereocenters. The Balaban J connectivity index is 0.000000847. The SMILES string of the molecule is CCc1cc(NC)n2ncc(C(=O)NC3CCC3)c2n1.CO. The smallest absolute Gasteiger partial charge is 0.256 e. The highest BCUT2D eigenvalue weighted by molar-refractivity contribution is 6.00. The van der Waals surface area contributed by atoms with Crippen LogP contribution in [0.3, 0.4) is 0 Å². The summed E-state index contributed by atoms with van der Waals surface area (Å²) in [5, 5.41) is 17.4. The highest BCUT2D eigenvalue weighted by Gasteiger charge is 2.23. The van der Waals surface area contributed by atoms with Gasteiger partial charge in [0.25, 0.3) is 5.91 Å². The van der Waals surface area contributed by atoms with Crippen molar-refractivity contribution in [3.05, 3.63) is 23.5 Å². The molecule has 120 valence electrons. The fraction of sp³-hybridized carbons (Fsp3) is 0.533. The number of nitrogens with one attached hydrogen (secondary N) is 2. The van der Waals surface area contributed by atoms with Gasteiger partial charge in [-0.3, -0.25) is 4.79 Å². The summed E-state index contributed by atoms with van der Waals surface area (Å²) in [6.07, 6.45) is 5.75. The Bertz CT molecular complexity index is 649.